The van der Waals surface area contributed by atoms with Gasteiger partial charge < -0.3 is 25.6 Å². The van der Waals surface area contributed by atoms with Crippen molar-refractivity contribution in [3.63, 3.8) is 0 Å². The van der Waals surface area contributed by atoms with Crippen LogP contribution in [0.4, 0.5) is 4.79 Å². The Labute approximate surface area is 138 Å². The monoisotopic (exact) mass is 350 g/mol. The summed E-state index contributed by atoms with van der Waals surface area (Å²) in [6.07, 6.45) is -1.58. The second-order valence-corrected chi connectivity index (χ2v) is 7.43. The zero-order chi connectivity index (χ0) is 18.0. The van der Waals surface area contributed by atoms with Gasteiger partial charge in [-0.25, -0.2) is 9.59 Å². The fourth-order valence-electron chi connectivity index (χ4n) is 1.38. The van der Waals surface area contributed by atoms with E-state index in [2.05, 4.69) is 10.6 Å². The molecule has 0 rings (SSSR count). The molecule has 0 aromatic carbocycles. The number of ether oxygens (including phenoxy) is 1. The second-order valence-electron chi connectivity index (χ2n) is 5.59. The number of carboxylic acids is 2. The van der Waals surface area contributed by atoms with E-state index in [-0.39, 0.29) is 23.4 Å². The summed E-state index contributed by atoms with van der Waals surface area (Å²) in [5, 5.41) is 22.0. The Morgan fingerprint density at radius 1 is 1.22 bits per heavy atom. The first-order valence-electron chi connectivity index (χ1n) is 6.80. The number of aliphatic carboxylic acids is 2. The molecule has 0 aromatic heterocycles. The minimum atomic E-state index is -1.35. The van der Waals surface area contributed by atoms with E-state index < -0.39 is 36.7 Å². The van der Waals surface area contributed by atoms with Crippen molar-refractivity contribution >= 4 is 36.2 Å². The second kappa shape index (κ2) is 9.93. The van der Waals surface area contributed by atoms with Gasteiger partial charge in [-0.05, 0) is 6.42 Å². The van der Waals surface area contributed by atoms with Gasteiger partial charge in [-0.2, -0.15) is 11.8 Å². The molecule has 9 nitrogen and oxygen atoms in total. The highest BCUT2D eigenvalue weighted by Crippen LogP contribution is 2.23. The molecule has 0 aliphatic heterocycles. The van der Waals surface area contributed by atoms with Gasteiger partial charge in [0.15, 0.2) is 6.23 Å². The lowest BCUT2D eigenvalue weighted by Gasteiger charge is -2.23. The summed E-state index contributed by atoms with van der Waals surface area (Å²) >= 11 is 1.44. The Morgan fingerprint density at radius 3 is 2.26 bits per heavy atom. The first kappa shape index (κ1) is 21.0. The third kappa shape index (κ3) is 11.3. The Morgan fingerprint density at radius 2 is 1.83 bits per heavy atom. The molecular weight excluding hydrogens is 328 g/mol. The molecule has 0 aliphatic rings. The molecule has 0 saturated heterocycles. The van der Waals surface area contributed by atoms with Crippen LogP contribution in [0.25, 0.3) is 0 Å². The lowest BCUT2D eigenvalue weighted by molar-refractivity contribution is -0.141. The van der Waals surface area contributed by atoms with Crippen molar-refractivity contribution < 1.29 is 34.1 Å². The van der Waals surface area contributed by atoms with Crippen LogP contribution in [0, 0.1) is 0 Å². The molecule has 0 aliphatic carbocycles. The normalized spacial score (nSPS) is 13.5. The SMILES string of the molecule is CC(C)(C)SC[C@H](NC(=O)N[C@@H](CCC(=O)O)C(=O)O)OC=O. The fraction of sp³-hybridized carbons (Fsp3) is 0.692. The van der Waals surface area contributed by atoms with Gasteiger partial charge in [0.05, 0.1) is 5.75 Å². The van der Waals surface area contributed by atoms with Gasteiger partial charge >= 0.3 is 18.0 Å². The number of urea groups is 1. The summed E-state index contributed by atoms with van der Waals surface area (Å²) in [5.41, 5.74) is 0. The lowest BCUT2D eigenvalue weighted by atomic mass is 10.1. The highest BCUT2D eigenvalue weighted by molar-refractivity contribution is 8.00. The molecule has 10 heteroatoms. The van der Waals surface area contributed by atoms with Crippen LogP contribution < -0.4 is 10.6 Å². The first-order chi connectivity index (χ1) is 10.5. The summed E-state index contributed by atoms with van der Waals surface area (Å²) < 4.78 is 4.62. The molecule has 0 saturated carbocycles. The van der Waals surface area contributed by atoms with Crippen LogP contribution in [-0.2, 0) is 19.1 Å². The Balaban J connectivity index is 4.55. The molecule has 132 valence electrons. The van der Waals surface area contributed by atoms with Crippen molar-refractivity contribution in [3.05, 3.63) is 0 Å². The number of carbonyl (C=O) groups excluding carboxylic acids is 2. The Kier molecular flexibility index (Phi) is 9.08. The minimum absolute atomic E-state index is 0.117. The predicted molar refractivity (Wildman–Crippen MR) is 83.1 cm³/mol. The zero-order valence-corrected chi connectivity index (χ0v) is 14.0. The quantitative estimate of drug-likeness (QED) is 0.332. The van der Waals surface area contributed by atoms with E-state index in [9.17, 15) is 19.2 Å². The maximum atomic E-state index is 11.8. The largest absolute Gasteiger partial charge is 0.481 e. The third-order valence-electron chi connectivity index (χ3n) is 2.43. The fourth-order valence-corrected chi connectivity index (χ4v) is 2.19. The number of amides is 2. The third-order valence-corrected chi connectivity index (χ3v) is 3.77. The highest BCUT2D eigenvalue weighted by atomic mass is 32.2. The number of rotatable bonds is 10. The lowest BCUT2D eigenvalue weighted by Crippen LogP contribution is -2.50. The molecule has 2 atom stereocenters. The van der Waals surface area contributed by atoms with Crippen molar-refractivity contribution in [1.82, 2.24) is 10.6 Å². The maximum absolute atomic E-state index is 11.8. The van der Waals surface area contributed by atoms with E-state index in [1.807, 2.05) is 20.8 Å². The van der Waals surface area contributed by atoms with E-state index >= 15 is 0 Å². The van der Waals surface area contributed by atoms with Crippen LogP contribution in [0.5, 0.6) is 0 Å². The van der Waals surface area contributed by atoms with Gasteiger partial charge in [0.25, 0.3) is 6.47 Å². The summed E-state index contributed by atoms with van der Waals surface area (Å²) in [6, 6.07) is -2.21. The van der Waals surface area contributed by atoms with Crippen LogP contribution in [0.1, 0.15) is 33.6 Å². The number of nitrogens with one attached hydrogen (secondary N) is 2. The van der Waals surface area contributed by atoms with Crippen LogP contribution in [0.2, 0.25) is 0 Å². The molecule has 0 bridgehead atoms. The number of thioether (sulfide) groups is 1. The number of hydrogen-bond donors (Lipinski definition) is 4. The predicted octanol–water partition coefficient (Wildman–Crippen LogP) is 0.634. The average Bonchev–Trinajstić information content (AvgIpc) is 2.39. The first-order valence-corrected chi connectivity index (χ1v) is 7.78. The molecule has 0 unspecified atom stereocenters. The summed E-state index contributed by atoms with van der Waals surface area (Å²) in [7, 11) is 0. The molecule has 0 aromatic rings. The number of carboxylic acid groups (broad SMARTS) is 2. The van der Waals surface area contributed by atoms with Crippen molar-refractivity contribution in [2.75, 3.05) is 5.75 Å². The Hall–Kier alpha value is -1.97. The standard InChI is InChI=1S/C13H22N2O7S/c1-13(2,3)23-6-9(22-7-16)15-12(21)14-8(11(19)20)4-5-10(17)18/h7-9H,4-6H2,1-3H3,(H,17,18)(H,19,20)(H2,14,15,21)/t8-,9+/m0/s1. The van der Waals surface area contributed by atoms with Crippen LogP contribution in [0.15, 0.2) is 0 Å². The molecule has 2 amide bonds. The molecule has 0 fully saturated rings. The highest BCUT2D eigenvalue weighted by Gasteiger charge is 2.23. The van der Waals surface area contributed by atoms with Crippen molar-refractivity contribution in [3.8, 4) is 0 Å². The van der Waals surface area contributed by atoms with Gasteiger partial charge in [0.1, 0.15) is 6.04 Å². The summed E-state index contributed by atoms with van der Waals surface area (Å²) in [4.78, 5) is 43.7. The summed E-state index contributed by atoms with van der Waals surface area (Å²) in [6.45, 7) is 6.03. The molecule has 0 spiro atoms. The van der Waals surface area contributed by atoms with Crippen LogP contribution in [-0.4, -0.2) is 57.4 Å². The number of carbonyl (C=O) groups is 4. The van der Waals surface area contributed by atoms with Gasteiger partial charge in [0, 0.05) is 11.2 Å². The average molecular weight is 350 g/mol. The van der Waals surface area contributed by atoms with E-state index in [1.165, 1.54) is 11.8 Å². The smallest absolute Gasteiger partial charge is 0.326 e. The van der Waals surface area contributed by atoms with Gasteiger partial charge in [-0.1, -0.05) is 20.8 Å². The Bertz CT molecular complexity index is 437. The van der Waals surface area contributed by atoms with Gasteiger partial charge in [0.2, 0.25) is 0 Å². The summed E-state index contributed by atoms with van der Waals surface area (Å²) in [5.74, 6) is -2.23. The van der Waals surface area contributed by atoms with E-state index in [4.69, 9.17) is 14.9 Å². The van der Waals surface area contributed by atoms with Crippen LogP contribution in [0.3, 0.4) is 0 Å². The molecule has 23 heavy (non-hydrogen) atoms. The van der Waals surface area contributed by atoms with E-state index in [0.717, 1.165) is 0 Å². The molecule has 0 radical (unpaired) electrons. The van der Waals surface area contributed by atoms with Crippen LogP contribution >= 0.6 is 11.8 Å². The molecule has 0 heterocycles. The van der Waals surface area contributed by atoms with E-state index in [0.29, 0.717) is 0 Å². The van der Waals surface area contributed by atoms with Crippen molar-refractivity contribution in [2.24, 2.45) is 0 Å². The van der Waals surface area contributed by atoms with Crippen molar-refractivity contribution in [2.45, 2.75) is 50.6 Å². The molecule has 4 N–H and O–H groups in total. The maximum Gasteiger partial charge on any atom is 0.326 e. The minimum Gasteiger partial charge on any atom is -0.481 e. The van der Waals surface area contributed by atoms with Gasteiger partial charge in [-0.15, -0.1) is 0 Å². The number of hydrogen-bond acceptors (Lipinski definition) is 6. The topological polar surface area (TPSA) is 142 Å². The molecular formula is C13H22N2O7S. The zero-order valence-electron chi connectivity index (χ0n) is 13.2. The van der Waals surface area contributed by atoms with Crippen molar-refractivity contribution in [1.29, 1.82) is 0 Å². The van der Waals surface area contributed by atoms with E-state index in [1.54, 1.807) is 0 Å². The van der Waals surface area contributed by atoms with Gasteiger partial charge in [-0.3, -0.25) is 9.59 Å².